The predicted molar refractivity (Wildman–Crippen MR) is 101 cm³/mol. The standard InChI is InChI=1S/C23H22F5NO/c1-29-9-8-23-7-3-2-4-14(23)16(29)10-12-5-6-13(11-15(12)23)30-22-20(27)18(25)17(24)19(26)21(22)28/h5-6,11,14,16H,2-4,7-10H2,1H3/t14-,16+,23+/m0/s1. The van der Waals surface area contributed by atoms with Crippen LogP contribution in [0, 0.1) is 35.0 Å². The molecule has 0 N–H and O–H groups in total. The Morgan fingerprint density at radius 3 is 2.37 bits per heavy atom. The minimum atomic E-state index is -2.19. The SMILES string of the molecule is CN1CC[C@]23CCCC[C@H]2[C@H]1Cc1ccc(Oc2c(F)c(F)c(F)c(F)c2F)cc13. The molecule has 0 unspecified atom stereocenters. The molecule has 0 amide bonds. The van der Waals surface area contributed by atoms with Crippen molar-refractivity contribution in [3.05, 3.63) is 58.4 Å². The van der Waals surface area contributed by atoms with Gasteiger partial charge >= 0.3 is 0 Å². The van der Waals surface area contributed by atoms with Crippen LogP contribution in [0.4, 0.5) is 22.0 Å². The van der Waals surface area contributed by atoms with Crippen LogP contribution in [0.5, 0.6) is 11.5 Å². The van der Waals surface area contributed by atoms with Crippen LogP contribution in [-0.4, -0.2) is 24.5 Å². The summed E-state index contributed by atoms with van der Waals surface area (Å²) in [5.41, 5.74) is 2.27. The lowest BCUT2D eigenvalue weighted by molar-refractivity contribution is 0.00275. The summed E-state index contributed by atoms with van der Waals surface area (Å²) in [6.45, 7) is 0.976. The summed E-state index contributed by atoms with van der Waals surface area (Å²) in [5, 5.41) is 0. The van der Waals surface area contributed by atoms with Crippen LogP contribution >= 0.6 is 0 Å². The van der Waals surface area contributed by atoms with E-state index in [1.807, 2.05) is 6.07 Å². The summed E-state index contributed by atoms with van der Waals surface area (Å²) in [4.78, 5) is 2.43. The molecule has 3 aliphatic rings. The van der Waals surface area contributed by atoms with Gasteiger partial charge in [-0.15, -0.1) is 0 Å². The van der Waals surface area contributed by atoms with Crippen molar-refractivity contribution in [2.75, 3.05) is 13.6 Å². The van der Waals surface area contributed by atoms with Gasteiger partial charge in [0.15, 0.2) is 0 Å². The van der Waals surface area contributed by atoms with Gasteiger partial charge in [-0.05, 0) is 68.5 Å². The third-order valence-corrected chi connectivity index (χ3v) is 7.48. The zero-order valence-corrected chi connectivity index (χ0v) is 16.6. The Bertz CT molecular complexity index is 996. The fraction of sp³-hybridized carbons (Fsp3) is 0.478. The first-order valence-electron chi connectivity index (χ1n) is 10.4. The average molecular weight is 423 g/mol. The van der Waals surface area contributed by atoms with Crippen molar-refractivity contribution in [2.24, 2.45) is 5.92 Å². The number of hydrogen-bond acceptors (Lipinski definition) is 2. The fourth-order valence-corrected chi connectivity index (χ4v) is 6.03. The Kier molecular flexibility index (Phi) is 4.58. The number of nitrogens with zero attached hydrogens (tertiary/aromatic N) is 1. The van der Waals surface area contributed by atoms with Gasteiger partial charge in [-0.25, -0.2) is 13.2 Å². The lowest BCUT2D eigenvalue weighted by Gasteiger charge is -2.58. The minimum Gasteiger partial charge on any atom is -0.451 e. The first kappa shape index (κ1) is 19.8. The molecule has 2 nitrogen and oxygen atoms in total. The van der Waals surface area contributed by atoms with E-state index in [0.29, 0.717) is 12.0 Å². The fourth-order valence-electron chi connectivity index (χ4n) is 6.03. The number of rotatable bonds is 2. The maximum Gasteiger partial charge on any atom is 0.207 e. The molecular formula is C23H22F5NO. The Morgan fingerprint density at radius 1 is 0.933 bits per heavy atom. The second-order valence-electron chi connectivity index (χ2n) is 8.83. The molecule has 0 aromatic heterocycles. The molecule has 1 heterocycles. The molecule has 0 radical (unpaired) electrons. The molecule has 7 heteroatoms. The molecule has 1 aliphatic heterocycles. The average Bonchev–Trinajstić information content (AvgIpc) is 2.76. The highest BCUT2D eigenvalue weighted by Gasteiger charge is 2.53. The zero-order chi connectivity index (χ0) is 21.2. The molecular weight excluding hydrogens is 401 g/mol. The Balaban J connectivity index is 1.58. The number of halogens is 5. The van der Waals surface area contributed by atoms with Gasteiger partial charge < -0.3 is 9.64 Å². The molecule has 2 aromatic rings. The smallest absolute Gasteiger partial charge is 0.207 e. The van der Waals surface area contributed by atoms with Gasteiger partial charge in [-0.2, -0.15) is 8.78 Å². The van der Waals surface area contributed by atoms with Gasteiger partial charge in [-0.1, -0.05) is 18.9 Å². The van der Waals surface area contributed by atoms with Crippen molar-refractivity contribution in [3.8, 4) is 11.5 Å². The predicted octanol–water partition coefficient (Wildman–Crippen LogP) is 5.86. The second kappa shape index (κ2) is 6.94. The largest absolute Gasteiger partial charge is 0.451 e. The van der Waals surface area contributed by atoms with Gasteiger partial charge in [0.05, 0.1) is 0 Å². The number of benzene rings is 2. The van der Waals surface area contributed by atoms with Crippen LogP contribution < -0.4 is 4.74 Å². The zero-order valence-electron chi connectivity index (χ0n) is 16.6. The molecule has 2 bridgehead atoms. The second-order valence-corrected chi connectivity index (χ2v) is 8.83. The summed E-state index contributed by atoms with van der Waals surface area (Å²) in [7, 11) is 2.16. The third-order valence-electron chi connectivity index (χ3n) is 7.48. The summed E-state index contributed by atoms with van der Waals surface area (Å²) < 4.78 is 73.9. The van der Waals surface area contributed by atoms with Crippen LogP contribution in [0.1, 0.15) is 43.2 Å². The maximum atomic E-state index is 14.1. The first-order chi connectivity index (χ1) is 14.3. The highest BCUT2D eigenvalue weighted by molar-refractivity contribution is 5.47. The molecule has 160 valence electrons. The normalized spacial score (nSPS) is 28.1. The van der Waals surface area contributed by atoms with Crippen LogP contribution in [-0.2, 0) is 11.8 Å². The van der Waals surface area contributed by atoms with E-state index in [1.54, 1.807) is 12.1 Å². The van der Waals surface area contributed by atoms with Crippen LogP contribution in [0.15, 0.2) is 18.2 Å². The van der Waals surface area contributed by atoms with E-state index in [0.717, 1.165) is 44.2 Å². The third kappa shape index (κ3) is 2.70. The highest BCUT2D eigenvalue weighted by Crippen LogP contribution is 2.56. The van der Waals surface area contributed by atoms with Gasteiger partial charge in [0.25, 0.3) is 0 Å². The van der Waals surface area contributed by atoms with Crippen molar-refractivity contribution in [2.45, 2.75) is 50.0 Å². The molecule has 0 spiro atoms. The van der Waals surface area contributed by atoms with E-state index < -0.39 is 34.8 Å². The summed E-state index contributed by atoms with van der Waals surface area (Å²) in [5.74, 6) is -10.8. The van der Waals surface area contributed by atoms with Gasteiger partial charge in [-0.3, -0.25) is 0 Å². The Labute approximate surface area is 171 Å². The molecule has 30 heavy (non-hydrogen) atoms. The van der Waals surface area contributed by atoms with E-state index >= 15 is 0 Å². The van der Waals surface area contributed by atoms with E-state index in [2.05, 4.69) is 11.9 Å². The van der Waals surface area contributed by atoms with Crippen LogP contribution in [0.3, 0.4) is 0 Å². The highest BCUT2D eigenvalue weighted by atomic mass is 19.2. The molecule has 2 fully saturated rings. The van der Waals surface area contributed by atoms with Gasteiger partial charge in [0.1, 0.15) is 5.75 Å². The first-order valence-corrected chi connectivity index (χ1v) is 10.4. The van der Waals surface area contributed by atoms with Crippen molar-refractivity contribution in [1.82, 2.24) is 4.90 Å². The number of ether oxygens (including phenoxy) is 1. The Hall–Kier alpha value is -2.15. The number of likely N-dealkylation sites (tertiary alicyclic amines) is 1. The topological polar surface area (TPSA) is 12.5 Å². The molecule has 2 aromatic carbocycles. The van der Waals surface area contributed by atoms with E-state index in [4.69, 9.17) is 4.74 Å². The number of hydrogen-bond donors (Lipinski definition) is 0. The summed E-state index contributed by atoms with van der Waals surface area (Å²) >= 11 is 0. The van der Waals surface area contributed by atoms with Crippen molar-refractivity contribution in [3.63, 3.8) is 0 Å². The lowest BCUT2D eigenvalue weighted by Crippen LogP contribution is -2.59. The van der Waals surface area contributed by atoms with Gasteiger partial charge in [0, 0.05) is 11.5 Å². The van der Waals surface area contributed by atoms with Crippen molar-refractivity contribution >= 4 is 0 Å². The van der Waals surface area contributed by atoms with E-state index in [1.165, 1.54) is 12.0 Å². The van der Waals surface area contributed by atoms with Crippen molar-refractivity contribution < 1.29 is 26.7 Å². The quantitative estimate of drug-likeness (QED) is 0.341. The molecule has 2 aliphatic carbocycles. The minimum absolute atomic E-state index is 0.0151. The maximum absolute atomic E-state index is 14.1. The van der Waals surface area contributed by atoms with Crippen LogP contribution in [0.2, 0.25) is 0 Å². The lowest BCUT2D eigenvalue weighted by atomic mass is 9.52. The molecule has 1 saturated carbocycles. The van der Waals surface area contributed by atoms with Crippen molar-refractivity contribution in [1.29, 1.82) is 0 Å². The molecule has 1 saturated heterocycles. The van der Waals surface area contributed by atoms with E-state index in [9.17, 15) is 22.0 Å². The number of fused-ring (bicyclic) bond motifs is 1. The Morgan fingerprint density at radius 2 is 1.63 bits per heavy atom. The number of likely N-dealkylation sites (N-methyl/N-ethyl adjacent to an activating group) is 1. The molecule has 3 atom stereocenters. The molecule has 5 rings (SSSR count). The van der Waals surface area contributed by atoms with Crippen LogP contribution in [0.25, 0.3) is 0 Å². The summed E-state index contributed by atoms with van der Waals surface area (Å²) in [6.07, 6.45) is 6.37. The van der Waals surface area contributed by atoms with Gasteiger partial charge in [0.2, 0.25) is 34.8 Å². The summed E-state index contributed by atoms with van der Waals surface area (Å²) in [6, 6.07) is 5.64. The van der Waals surface area contributed by atoms with E-state index in [-0.39, 0.29) is 11.2 Å². The number of piperidine rings is 1. The monoisotopic (exact) mass is 423 g/mol.